The van der Waals surface area contributed by atoms with Gasteiger partial charge in [0.05, 0.1) is 19.0 Å². The molecule has 7 heteroatoms. The third-order valence-corrected chi connectivity index (χ3v) is 5.92. The van der Waals surface area contributed by atoms with Crippen molar-refractivity contribution in [3.05, 3.63) is 30.5 Å². The fourth-order valence-corrected chi connectivity index (χ4v) is 4.32. The van der Waals surface area contributed by atoms with Crippen molar-refractivity contribution < 1.29 is 4.74 Å². The molecule has 150 valence electrons. The first kappa shape index (κ1) is 18.8. The Kier molecular flexibility index (Phi) is 5.78. The second kappa shape index (κ2) is 8.63. The monoisotopic (exact) mass is 382 g/mol. The molecule has 1 aromatic carbocycles. The van der Waals surface area contributed by atoms with Gasteiger partial charge in [-0.05, 0) is 37.8 Å². The maximum absolute atomic E-state index is 5.52. The topological polar surface area (TPSA) is 57.6 Å². The van der Waals surface area contributed by atoms with Crippen LogP contribution >= 0.6 is 0 Å². The Balaban J connectivity index is 1.45. The third kappa shape index (κ3) is 3.84. The molecule has 2 aromatic rings. The number of hydrogen-bond acceptors (Lipinski definition) is 7. The highest BCUT2D eigenvalue weighted by molar-refractivity contribution is 5.59. The number of piperazine rings is 1. The summed E-state index contributed by atoms with van der Waals surface area (Å²) in [6.45, 7) is 6.96. The smallest absolute Gasteiger partial charge is 0.247 e. The molecule has 0 N–H and O–H groups in total. The fraction of sp³-hybridized carbons (Fsp3) is 0.571. The second-order valence-corrected chi connectivity index (χ2v) is 7.51. The maximum Gasteiger partial charge on any atom is 0.247 e. The van der Waals surface area contributed by atoms with Crippen molar-refractivity contribution in [2.75, 3.05) is 54.5 Å². The minimum Gasteiger partial charge on any atom is -0.495 e. The van der Waals surface area contributed by atoms with Crippen LogP contribution < -0.4 is 19.4 Å². The van der Waals surface area contributed by atoms with E-state index in [4.69, 9.17) is 9.72 Å². The van der Waals surface area contributed by atoms with Crippen molar-refractivity contribution in [3.8, 4) is 5.75 Å². The maximum atomic E-state index is 5.52. The Hall–Kier alpha value is -2.57. The van der Waals surface area contributed by atoms with E-state index in [1.54, 1.807) is 13.3 Å². The number of benzene rings is 1. The van der Waals surface area contributed by atoms with E-state index < -0.39 is 0 Å². The van der Waals surface area contributed by atoms with Crippen molar-refractivity contribution >= 4 is 17.5 Å². The predicted molar refractivity (Wildman–Crippen MR) is 113 cm³/mol. The highest BCUT2D eigenvalue weighted by atomic mass is 16.5. The van der Waals surface area contributed by atoms with E-state index in [-0.39, 0.29) is 0 Å². The highest BCUT2D eigenvalue weighted by Crippen LogP contribution is 2.29. The first-order chi connectivity index (χ1) is 13.8. The number of nitrogens with zero attached hydrogens (tertiary/aromatic N) is 6. The molecule has 1 unspecified atom stereocenters. The van der Waals surface area contributed by atoms with Crippen LogP contribution in [0.2, 0.25) is 0 Å². The first-order valence-corrected chi connectivity index (χ1v) is 10.4. The molecular weight excluding hydrogens is 352 g/mol. The van der Waals surface area contributed by atoms with Crippen molar-refractivity contribution in [1.29, 1.82) is 0 Å². The zero-order valence-corrected chi connectivity index (χ0v) is 16.9. The van der Waals surface area contributed by atoms with Crippen molar-refractivity contribution in [3.63, 3.8) is 0 Å². The van der Waals surface area contributed by atoms with Crippen LogP contribution in [0.5, 0.6) is 5.75 Å². The zero-order chi connectivity index (χ0) is 19.3. The summed E-state index contributed by atoms with van der Waals surface area (Å²) in [6.07, 6.45) is 6.66. The molecule has 2 aliphatic rings. The second-order valence-electron chi connectivity index (χ2n) is 7.51. The lowest BCUT2D eigenvalue weighted by atomic mass is 10.0. The van der Waals surface area contributed by atoms with Gasteiger partial charge in [-0.3, -0.25) is 0 Å². The van der Waals surface area contributed by atoms with Gasteiger partial charge in [0, 0.05) is 38.8 Å². The van der Waals surface area contributed by atoms with Crippen LogP contribution in [-0.4, -0.2) is 61.1 Å². The van der Waals surface area contributed by atoms with Crippen LogP contribution in [0.15, 0.2) is 30.5 Å². The number of para-hydroxylation sites is 2. The molecule has 2 saturated heterocycles. The van der Waals surface area contributed by atoms with Gasteiger partial charge < -0.3 is 19.4 Å². The summed E-state index contributed by atoms with van der Waals surface area (Å²) in [5.41, 5.74) is 1.16. The van der Waals surface area contributed by atoms with Crippen LogP contribution in [-0.2, 0) is 0 Å². The fourth-order valence-electron chi connectivity index (χ4n) is 4.32. The molecule has 0 saturated carbocycles. The number of methoxy groups -OCH3 is 1. The van der Waals surface area contributed by atoms with Crippen LogP contribution in [0.4, 0.5) is 17.5 Å². The van der Waals surface area contributed by atoms with Gasteiger partial charge in [-0.1, -0.05) is 19.1 Å². The highest BCUT2D eigenvalue weighted by Gasteiger charge is 2.25. The SMILES string of the molecule is CCC1CCCCN1c1nncc(N2CCN(c3ccccc3OC)CC2)n1. The van der Waals surface area contributed by atoms with E-state index in [0.29, 0.717) is 6.04 Å². The number of rotatable bonds is 5. The molecular formula is C21H30N6O. The third-order valence-electron chi connectivity index (χ3n) is 5.92. The Morgan fingerprint density at radius 3 is 2.61 bits per heavy atom. The summed E-state index contributed by atoms with van der Waals surface area (Å²) >= 11 is 0. The summed E-state index contributed by atoms with van der Waals surface area (Å²) < 4.78 is 5.52. The van der Waals surface area contributed by atoms with E-state index in [2.05, 4.69) is 44.0 Å². The normalized spacial score (nSPS) is 20.4. The Morgan fingerprint density at radius 2 is 1.82 bits per heavy atom. The summed E-state index contributed by atoms with van der Waals surface area (Å²) in [4.78, 5) is 11.9. The van der Waals surface area contributed by atoms with Crippen LogP contribution in [0, 0.1) is 0 Å². The van der Waals surface area contributed by atoms with Gasteiger partial charge in [0.1, 0.15) is 5.75 Å². The molecule has 28 heavy (non-hydrogen) atoms. The Labute approximate surface area is 167 Å². The van der Waals surface area contributed by atoms with E-state index in [1.165, 1.54) is 19.3 Å². The molecule has 0 amide bonds. The largest absolute Gasteiger partial charge is 0.495 e. The molecule has 0 aliphatic carbocycles. The number of aromatic nitrogens is 3. The van der Waals surface area contributed by atoms with Gasteiger partial charge in [-0.15, -0.1) is 5.10 Å². The molecule has 7 nitrogen and oxygen atoms in total. The van der Waals surface area contributed by atoms with Gasteiger partial charge in [0.2, 0.25) is 5.95 Å². The Morgan fingerprint density at radius 1 is 1.04 bits per heavy atom. The molecule has 0 spiro atoms. The minimum atomic E-state index is 0.535. The molecule has 2 aliphatic heterocycles. The van der Waals surface area contributed by atoms with Gasteiger partial charge in [-0.25, -0.2) is 0 Å². The lowest BCUT2D eigenvalue weighted by Gasteiger charge is -2.38. The van der Waals surface area contributed by atoms with Gasteiger partial charge in [0.15, 0.2) is 5.82 Å². The first-order valence-electron chi connectivity index (χ1n) is 10.4. The van der Waals surface area contributed by atoms with Crippen LogP contribution in [0.25, 0.3) is 0 Å². The van der Waals surface area contributed by atoms with E-state index in [1.807, 2.05) is 12.1 Å². The molecule has 0 radical (unpaired) electrons. The lowest BCUT2D eigenvalue weighted by molar-refractivity contribution is 0.413. The standard InChI is InChI=1S/C21H30N6O/c1-3-17-8-6-7-11-27(17)21-23-20(16-22-24-21)26-14-12-25(13-15-26)18-9-4-5-10-19(18)28-2/h4-5,9-10,16-17H,3,6-8,11-15H2,1-2H3. The van der Waals surface area contributed by atoms with Gasteiger partial charge in [-0.2, -0.15) is 10.1 Å². The average molecular weight is 383 g/mol. The predicted octanol–water partition coefficient (Wildman–Crippen LogP) is 2.98. The molecule has 3 heterocycles. The van der Waals surface area contributed by atoms with Gasteiger partial charge in [0.25, 0.3) is 0 Å². The number of anilines is 3. The van der Waals surface area contributed by atoms with Crippen molar-refractivity contribution in [2.45, 2.75) is 38.6 Å². The molecule has 1 atom stereocenters. The number of piperidine rings is 1. The summed E-state index contributed by atoms with van der Waals surface area (Å²) in [7, 11) is 1.73. The van der Waals surface area contributed by atoms with E-state index >= 15 is 0 Å². The summed E-state index contributed by atoms with van der Waals surface area (Å²) in [5, 5.41) is 8.63. The number of ether oxygens (including phenoxy) is 1. The summed E-state index contributed by atoms with van der Waals surface area (Å²) in [5.74, 6) is 2.65. The van der Waals surface area contributed by atoms with Crippen molar-refractivity contribution in [1.82, 2.24) is 15.2 Å². The minimum absolute atomic E-state index is 0.535. The molecule has 4 rings (SSSR count). The Bertz CT molecular complexity index is 777. The number of hydrogen-bond donors (Lipinski definition) is 0. The van der Waals surface area contributed by atoms with Crippen molar-refractivity contribution in [2.24, 2.45) is 0 Å². The molecule has 1 aromatic heterocycles. The quantitative estimate of drug-likeness (QED) is 0.788. The summed E-state index contributed by atoms with van der Waals surface area (Å²) in [6, 6.07) is 8.75. The van der Waals surface area contributed by atoms with E-state index in [9.17, 15) is 0 Å². The van der Waals surface area contributed by atoms with Gasteiger partial charge >= 0.3 is 0 Å². The van der Waals surface area contributed by atoms with E-state index in [0.717, 1.165) is 62.3 Å². The molecule has 0 bridgehead atoms. The average Bonchev–Trinajstić information content (AvgIpc) is 2.79. The zero-order valence-electron chi connectivity index (χ0n) is 16.9. The van der Waals surface area contributed by atoms with Crippen LogP contribution in [0.1, 0.15) is 32.6 Å². The van der Waals surface area contributed by atoms with Crippen LogP contribution in [0.3, 0.4) is 0 Å². The lowest BCUT2D eigenvalue weighted by Crippen LogP contribution is -2.47. The molecule has 2 fully saturated rings.